The number of rotatable bonds is 3. The van der Waals surface area contributed by atoms with Crippen LogP contribution in [0.25, 0.3) is 5.65 Å². The van der Waals surface area contributed by atoms with Crippen LogP contribution in [0.1, 0.15) is 19.5 Å². The van der Waals surface area contributed by atoms with Gasteiger partial charge < -0.3 is 9.84 Å². The molecule has 6 heteroatoms. The molecule has 0 saturated carbocycles. The Morgan fingerprint density at radius 1 is 1.56 bits per heavy atom. The standard InChI is InChI=1S/C12H12BrN3O2/c1-12(2,17)7-18-9-3-10(13)16-8(5-14)6-15-11(16)4-9/h3-4,6,17H,7H2,1-2H3. The molecule has 2 aromatic heterocycles. The quantitative estimate of drug-likeness (QED) is 0.882. The molecule has 2 heterocycles. The zero-order valence-electron chi connectivity index (χ0n) is 10.0. The van der Waals surface area contributed by atoms with Gasteiger partial charge in [0.15, 0.2) is 0 Å². The van der Waals surface area contributed by atoms with Crippen LogP contribution in [0.15, 0.2) is 22.9 Å². The van der Waals surface area contributed by atoms with Crippen molar-refractivity contribution in [3.8, 4) is 11.8 Å². The van der Waals surface area contributed by atoms with Gasteiger partial charge in [0.05, 0.1) is 16.4 Å². The monoisotopic (exact) mass is 309 g/mol. The zero-order chi connectivity index (χ0) is 13.3. The fourth-order valence-corrected chi connectivity index (χ4v) is 2.06. The summed E-state index contributed by atoms with van der Waals surface area (Å²) >= 11 is 3.37. The van der Waals surface area contributed by atoms with E-state index in [0.29, 0.717) is 21.7 Å². The smallest absolute Gasteiger partial charge is 0.145 e. The van der Waals surface area contributed by atoms with E-state index in [1.165, 1.54) is 6.20 Å². The minimum atomic E-state index is -0.897. The fraction of sp³-hybridized carbons (Fsp3) is 0.333. The van der Waals surface area contributed by atoms with Crippen LogP contribution in [0.5, 0.6) is 5.75 Å². The third-order valence-corrected chi connectivity index (χ3v) is 2.83. The van der Waals surface area contributed by atoms with Gasteiger partial charge in [-0.25, -0.2) is 4.98 Å². The van der Waals surface area contributed by atoms with Gasteiger partial charge in [-0.1, -0.05) is 0 Å². The highest BCUT2D eigenvalue weighted by atomic mass is 79.9. The maximum absolute atomic E-state index is 9.60. The van der Waals surface area contributed by atoms with Gasteiger partial charge in [-0.05, 0) is 29.8 Å². The van der Waals surface area contributed by atoms with E-state index in [1.807, 2.05) is 0 Å². The number of ether oxygens (including phenoxy) is 1. The number of nitrogens with zero attached hydrogens (tertiary/aromatic N) is 3. The second-order valence-electron chi connectivity index (χ2n) is 4.56. The summed E-state index contributed by atoms with van der Waals surface area (Å²) in [5.74, 6) is 0.589. The minimum absolute atomic E-state index is 0.182. The normalized spacial score (nSPS) is 11.5. The topological polar surface area (TPSA) is 70.6 Å². The maximum atomic E-state index is 9.60. The molecule has 0 atom stereocenters. The molecule has 94 valence electrons. The lowest BCUT2D eigenvalue weighted by Gasteiger charge is -2.18. The second-order valence-corrected chi connectivity index (χ2v) is 5.38. The molecule has 0 bridgehead atoms. The molecule has 0 aliphatic rings. The van der Waals surface area contributed by atoms with E-state index in [4.69, 9.17) is 10.00 Å². The van der Waals surface area contributed by atoms with Crippen LogP contribution < -0.4 is 4.74 Å². The first-order valence-electron chi connectivity index (χ1n) is 5.33. The third kappa shape index (κ3) is 2.63. The van der Waals surface area contributed by atoms with Crippen LogP contribution in [0.2, 0.25) is 0 Å². The summed E-state index contributed by atoms with van der Waals surface area (Å²) in [6, 6.07) is 5.51. The van der Waals surface area contributed by atoms with Gasteiger partial charge in [-0.15, -0.1) is 0 Å². The average molecular weight is 310 g/mol. The van der Waals surface area contributed by atoms with Crippen molar-refractivity contribution in [2.75, 3.05) is 6.61 Å². The van der Waals surface area contributed by atoms with Crippen LogP contribution in [0.3, 0.4) is 0 Å². The first-order chi connectivity index (χ1) is 8.40. The van der Waals surface area contributed by atoms with E-state index >= 15 is 0 Å². The van der Waals surface area contributed by atoms with Crippen molar-refractivity contribution in [1.82, 2.24) is 9.38 Å². The number of fused-ring (bicyclic) bond motifs is 1. The van der Waals surface area contributed by atoms with Crippen molar-refractivity contribution in [2.45, 2.75) is 19.4 Å². The summed E-state index contributed by atoms with van der Waals surface area (Å²) in [6.45, 7) is 3.52. The highest BCUT2D eigenvalue weighted by Gasteiger charge is 2.14. The molecule has 2 aromatic rings. The lowest BCUT2D eigenvalue weighted by atomic mass is 10.2. The van der Waals surface area contributed by atoms with Gasteiger partial charge in [0.1, 0.15) is 29.8 Å². The van der Waals surface area contributed by atoms with Crippen LogP contribution in [-0.2, 0) is 0 Å². The molecule has 0 unspecified atom stereocenters. The fourth-order valence-electron chi connectivity index (χ4n) is 1.47. The molecule has 0 aliphatic carbocycles. The predicted molar refractivity (Wildman–Crippen MR) is 69.4 cm³/mol. The first kappa shape index (κ1) is 12.9. The van der Waals surface area contributed by atoms with Gasteiger partial charge in [-0.3, -0.25) is 4.40 Å². The van der Waals surface area contributed by atoms with Gasteiger partial charge >= 0.3 is 0 Å². The number of imidazole rings is 1. The Labute approximate surface area is 113 Å². The Bertz CT molecular complexity index is 623. The van der Waals surface area contributed by atoms with Crippen molar-refractivity contribution >= 4 is 21.6 Å². The van der Waals surface area contributed by atoms with Crippen LogP contribution >= 0.6 is 15.9 Å². The molecular formula is C12H12BrN3O2. The highest BCUT2D eigenvalue weighted by Crippen LogP contribution is 2.23. The summed E-state index contributed by atoms with van der Waals surface area (Å²) in [6.07, 6.45) is 1.50. The molecule has 2 rings (SSSR count). The predicted octanol–water partition coefficient (Wildman–Crippen LogP) is 2.12. The molecule has 0 fully saturated rings. The number of pyridine rings is 1. The van der Waals surface area contributed by atoms with E-state index in [0.717, 1.165) is 0 Å². The number of halogens is 1. The summed E-state index contributed by atoms with van der Waals surface area (Å²) in [5.41, 5.74) is 0.170. The lowest BCUT2D eigenvalue weighted by molar-refractivity contribution is 0.0284. The first-order valence-corrected chi connectivity index (χ1v) is 6.12. The van der Waals surface area contributed by atoms with Crippen molar-refractivity contribution in [1.29, 1.82) is 5.26 Å². The van der Waals surface area contributed by atoms with Crippen LogP contribution in [-0.4, -0.2) is 26.7 Å². The van der Waals surface area contributed by atoms with E-state index < -0.39 is 5.60 Å². The third-order valence-electron chi connectivity index (χ3n) is 2.24. The molecular weight excluding hydrogens is 298 g/mol. The van der Waals surface area contributed by atoms with Gasteiger partial charge in [0.2, 0.25) is 0 Å². The number of hydrogen-bond acceptors (Lipinski definition) is 4. The van der Waals surface area contributed by atoms with Gasteiger partial charge in [0.25, 0.3) is 0 Å². The molecule has 18 heavy (non-hydrogen) atoms. The summed E-state index contributed by atoms with van der Waals surface area (Å²) < 4.78 is 7.84. The van der Waals surface area contributed by atoms with Crippen molar-refractivity contribution in [2.24, 2.45) is 0 Å². The molecule has 0 aromatic carbocycles. The Morgan fingerprint density at radius 2 is 2.28 bits per heavy atom. The molecule has 1 N–H and O–H groups in total. The van der Waals surface area contributed by atoms with E-state index in [2.05, 4.69) is 27.0 Å². The lowest BCUT2D eigenvalue weighted by Crippen LogP contribution is -2.27. The molecule has 0 radical (unpaired) electrons. The Kier molecular flexibility index (Phi) is 3.28. The summed E-state index contributed by atoms with van der Waals surface area (Å²) in [5, 5.41) is 18.5. The second kappa shape index (κ2) is 4.59. The van der Waals surface area contributed by atoms with E-state index in [1.54, 1.807) is 30.4 Å². The largest absolute Gasteiger partial charge is 0.490 e. The zero-order valence-corrected chi connectivity index (χ0v) is 11.6. The van der Waals surface area contributed by atoms with E-state index in [-0.39, 0.29) is 6.61 Å². The van der Waals surface area contributed by atoms with Gasteiger partial charge in [0, 0.05) is 12.1 Å². The van der Waals surface area contributed by atoms with Crippen molar-refractivity contribution in [3.05, 3.63) is 28.6 Å². The number of nitriles is 1. The number of aliphatic hydroxyl groups is 1. The highest BCUT2D eigenvalue weighted by molar-refractivity contribution is 9.10. The molecule has 0 saturated heterocycles. The Hall–Kier alpha value is -1.58. The average Bonchev–Trinajstić information content (AvgIpc) is 2.69. The number of hydrogen-bond donors (Lipinski definition) is 1. The summed E-state index contributed by atoms with van der Waals surface area (Å²) in [7, 11) is 0. The number of aromatic nitrogens is 2. The van der Waals surface area contributed by atoms with Crippen LogP contribution in [0, 0.1) is 11.3 Å². The molecule has 5 nitrogen and oxygen atoms in total. The molecule has 0 amide bonds. The van der Waals surface area contributed by atoms with Crippen molar-refractivity contribution in [3.63, 3.8) is 0 Å². The molecule has 0 aliphatic heterocycles. The minimum Gasteiger partial charge on any atom is -0.490 e. The Morgan fingerprint density at radius 3 is 2.89 bits per heavy atom. The summed E-state index contributed by atoms with van der Waals surface area (Å²) in [4.78, 5) is 4.12. The Balaban J connectivity index is 2.36. The van der Waals surface area contributed by atoms with Crippen molar-refractivity contribution < 1.29 is 9.84 Å². The van der Waals surface area contributed by atoms with Crippen LogP contribution in [0.4, 0.5) is 0 Å². The SMILES string of the molecule is CC(C)(O)COc1cc(Br)n2c(C#N)cnc2c1. The maximum Gasteiger partial charge on any atom is 0.145 e. The van der Waals surface area contributed by atoms with E-state index in [9.17, 15) is 5.11 Å². The van der Waals surface area contributed by atoms with Gasteiger partial charge in [-0.2, -0.15) is 5.26 Å². The molecule has 0 spiro atoms.